The first-order chi connectivity index (χ1) is 14.1. The van der Waals surface area contributed by atoms with E-state index in [0.717, 1.165) is 45.0 Å². The SMILES string of the molecule is CCCC[N+](C)(CCCC)c1cc(C(=O)O)cc(S(C)(=O)=O)c1Oc1ccccc1. The summed E-state index contributed by atoms with van der Waals surface area (Å²) in [6, 6.07) is 11.7. The van der Waals surface area contributed by atoms with Gasteiger partial charge in [-0.2, -0.15) is 0 Å². The number of unbranched alkanes of at least 4 members (excludes halogenated alkanes) is 2. The minimum Gasteiger partial charge on any atom is -0.478 e. The number of carboxylic acid groups (broad SMARTS) is 1. The van der Waals surface area contributed by atoms with Crippen molar-refractivity contribution in [2.24, 2.45) is 0 Å². The van der Waals surface area contributed by atoms with Gasteiger partial charge in [-0.1, -0.05) is 44.9 Å². The zero-order valence-corrected chi connectivity index (χ0v) is 19.0. The number of carbonyl (C=O) groups is 1. The van der Waals surface area contributed by atoms with Gasteiger partial charge in [0, 0.05) is 12.3 Å². The summed E-state index contributed by atoms with van der Waals surface area (Å²) in [6.07, 6.45) is 4.89. The van der Waals surface area contributed by atoms with E-state index in [1.54, 1.807) is 18.2 Å². The van der Waals surface area contributed by atoms with Crippen LogP contribution in [-0.2, 0) is 9.84 Å². The second-order valence-electron chi connectivity index (χ2n) is 7.87. The third-order valence-electron chi connectivity index (χ3n) is 5.24. The number of ether oxygens (including phenoxy) is 1. The molecule has 0 aromatic heterocycles. The third kappa shape index (κ3) is 5.83. The van der Waals surface area contributed by atoms with Gasteiger partial charge in [0.15, 0.2) is 15.5 Å². The van der Waals surface area contributed by atoms with Crippen LogP contribution in [-0.4, -0.2) is 45.9 Å². The molecule has 164 valence electrons. The van der Waals surface area contributed by atoms with E-state index < -0.39 is 15.8 Å². The highest BCUT2D eigenvalue weighted by Gasteiger charge is 2.34. The molecule has 0 aliphatic carbocycles. The molecule has 0 unspecified atom stereocenters. The summed E-state index contributed by atoms with van der Waals surface area (Å²) >= 11 is 0. The van der Waals surface area contributed by atoms with Crippen LogP contribution in [0.3, 0.4) is 0 Å². The Hall–Kier alpha value is -2.38. The molecular weight excluding hydrogens is 402 g/mol. The number of benzene rings is 2. The molecule has 0 aliphatic rings. The zero-order chi connectivity index (χ0) is 22.4. The number of quaternary nitrogens is 1. The Morgan fingerprint density at radius 2 is 1.60 bits per heavy atom. The lowest BCUT2D eigenvalue weighted by atomic mass is 10.1. The molecule has 7 heteroatoms. The predicted octanol–water partition coefficient (Wildman–Crippen LogP) is 5.12. The molecule has 2 rings (SSSR count). The molecule has 0 bridgehead atoms. The highest BCUT2D eigenvalue weighted by Crippen LogP contribution is 2.42. The van der Waals surface area contributed by atoms with Crippen molar-refractivity contribution in [2.45, 2.75) is 44.4 Å². The second kappa shape index (κ2) is 10.1. The Bertz CT molecular complexity index is 963. The molecule has 0 spiro atoms. The highest BCUT2D eigenvalue weighted by molar-refractivity contribution is 7.90. The first-order valence-corrected chi connectivity index (χ1v) is 12.2. The Labute approximate surface area is 179 Å². The summed E-state index contributed by atoms with van der Waals surface area (Å²) in [4.78, 5) is 11.7. The highest BCUT2D eigenvalue weighted by atomic mass is 32.2. The van der Waals surface area contributed by atoms with Crippen LogP contribution in [0.15, 0.2) is 47.4 Å². The molecule has 6 nitrogen and oxygen atoms in total. The average molecular weight is 435 g/mol. The van der Waals surface area contributed by atoms with Crippen molar-refractivity contribution in [2.75, 3.05) is 26.4 Å². The first kappa shape index (κ1) is 23.9. The number of aromatic carboxylic acids is 1. The van der Waals surface area contributed by atoms with E-state index in [9.17, 15) is 18.3 Å². The van der Waals surface area contributed by atoms with Crippen molar-refractivity contribution in [3.63, 3.8) is 0 Å². The molecule has 0 amide bonds. The minimum atomic E-state index is -3.73. The molecule has 0 atom stereocenters. The fourth-order valence-electron chi connectivity index (χ4n) is 3.46. The molecule has 0 aliphatic heterocycles. The monoisotopic (exact) mass is 434 g/mol. The van der Waals surface area contributed by atoms with Gasteiger partial charge in [-0.25, -0.2) is 13.2 Å². The van der Waals surface area contributed by atoms with Crippen molar-refractivity contribution >= 4 is 21.5 Å². The number of rotatable bonds is 11. The van der Waals surface area contributed by atoms with E-state index in [-0.39, 0.29) is 16.2 Å². The van der Waals surface area contributed by atoms with Crippen molar-refractivity contribution < 1.29 is 23.1 Å². The van der Waals surface area contributed by atoms with E-state index in [1.165, 1.54) is 6.07 Å². The quantitative estimate of drug-likeness (QED) is 0.497. The number of hydrogen-bond acceptors (Lipinski definition) is 4. The van der Waals surface area contributed by atoms with Crippen LogP contribution < -0.4 is 9.22 Å². The van der Waals surface area contributed by atoms with Gasteiger partial charge in [0.2, 0.25) is 5.75 Å². The molecule has 1 N–H and O–H groups in total. The molecule has 0 saturated heterocycles. The van der Waals surface area contributed by atoms with Gasteiger partial charge in [0.1, 0.15) is 10.6 Å². The molecule has 2 aromatic rings. The Balaban J connectivity index is 2.81. The Morgan fingerprint density at radius 1 is 1.03 bits per heavy atom. The van der Waals surface area contributed by atoms with Crippen LogP contribution in [0, 0.1) is 0 Å². The average Bonchev–Trinajstić information content (AvgIpc) is 2.70. The van der Waals surface area contributed by atoms with Crippen LogP contribution >= 0.6 is 0 Å². The lowest BCUT2D eigenvalue weighted by molar-refractivity contribution is 0.0696. The van der Waals surface area contributed by atoms with Gasteiger partial charge in [-0.15, -0.1) is 0 Å². The molecule has 0 saturated carbocycles. The number of nitrogens with zero attached hydrogens (tertiary/aromatic N) is 1. The number of para-hydroxylation sites is 1. The molecular formula is C23H32NO5S+. The van der Waals surface area contributed by atoms with E-state index in [0.29, 0.717) is 15.9 Å². The second-order valence-corrected chi connectivity index (χ2v) is 9.85. The smallest absolute Gasteiger partial charge is 0.335 e. The van der Waals surface area contributed by atoms with E-state index >= 15 is 0 Å². The van der Waals surface area contributed by atoms with E-state index in [4.69, 9.17) is 4.74 Å². The van der Waals surface area contributed by atoms with Gasteiger partial charge in [-0.05, 0) is 31.0 Å². The van der Waals surface area contributed by atoms with Crippen LogP contribution in [0.5, 0.6) is 11.5 Å². The maximum absolute atomic E-state index is 12.6. The van der Waals surface area contributed by atoms with Crippen molar-refractivity contribution in [3.8, 4) is 11.5 Å². The standard InChI is InChI=1S/C23H31NO5S/c1-5-7-14-24(3,15-8-6-2)20-16-18(23(25)26)17-21(30(4,27)28)22(20)29-19-12-10-9-11-13-19/h9-13,16-17H,5-8,14-15H2,1-4H3/p+1. The van der Waals surface area contributed by atoms with Gasteiger partial charge < -0.3 is 9.84 Å². The molecule has 0 heterocycles. The molecule has 30 heavy (non-hydrogen) atoms. The third-order valence-corrected chi connectivity index (χ3v) is 6.34. The van der Waals surface area contributed by atoms with Gasteiger partial charge in [-0.3, -0.25) is 4.48 Å². The zero-order valence-electron chi connectivity index (χ0n) is 18.2. The summed E-state index contributed by atoms with van der Waals surface area (Å²) in [5.41, 5.74) is 0.532. The molecule has 0 fully saturated rings. The van der Waals surface area contributed by atoms with Crippen LogP contribution in [0.1, 0.15) is 49.9 Å². The number of sulfone groups is 1. The van der Waals surface area contributed by atoms with E-state index in [2.05, 4.69) is 13.8 Å². The summed E-state index contributed by atoms with van der Waals surface area (Å²) in [6.45, 7) is 5.71. The Morgan fingerprint density at radius 3 is 2.07 bits per heavy atom. The predicted molar refractivity (Wildman–Crippen MR) is 120 cm³/mol. The van der Waals surface area contributed by atoms with Crippen LogP contribution in [0.4, 0.5) is 5.69 Å². The van der Waals surface area contributed by atoms with E-state index in [1.807, 2.05) is 25.2 Å². The van der Waals surface area contributed by atoms with Gasteiger partial charge >= 0.3 is 5.97 Å². The maximum Gasteiger partial charge on any atom is 0.335 e. The normalized spacial score (nSPS) is 12.0. The maximum atomic E-state index is 12.6. The number of carboxylic acids is 1. The topological polar surface area (TPSA) is 80.7 Å². The minimum absolute atomic E-state index is 0.0526. The van der Waals surface area contributed by atoms with Crippen molar-refractivity contribution in [1.29, 1.82) is 0 Å². The largest absolute Gasteiger partial charge is 0.478 e. The van der Waals surface area contributed by atoms with Gasteiger partial charge in [0.25, 0.3) is 0 Å². The van der Waals surface area contributed by atoms with Crippen molar-refractivity contribution in [3.05, 3.63) is 48.0 Å². The summed E-state index contributed by atoms with van der Waals surface area (Å²) < 4.78 is 31.8. The lowest BCUT2D eigenvalue weighted by Crippen LogP contribution is -2.47. The van der Waals surface area contributed by atoms with Gasteiger partial charge in [0.05, 0.1) is 25.7 Å². The summed E-state index contributed by atoms with van der Waals surface area (Å²) in [7, 11) is -1.71. The van der Waals surface area contributed by atoms with Crippen LogP contribution in [0.2, 0.25) is 0 Å². The summed E-state index contributed by atoms with van der Waals surface area (Å²) in [5, 5.41) is 9.66. The lowest BCUT2D eigenvalue weighted by Gasteiger charge is -2.36. The molecule has 2 aromatic carbocycles. The van der Waals surface area contributed by atoms with Crippen LogP contribution in [0.25, 0.3) is 0 Å². The van der Waals surface area contributed by atoms with Crippen molar-refractivity contribution in [1.82, 2.24) is 4.48 Å². The fourth-order valence-corrected chi connectivity index (χ4v) is 4.29. The number of hydrogen-bond donors (Lipinski definition) is 1. The fraction of sp³-hybridized carbons (Fsp3) is 0.435. The summed E-state index contributed by atoms with van der Waals surface area (Å²) in [5.74, 6) is -0.447. The Kier molecular flexibility index (Phi) is 8.03. The molecule has 0 radical (unpaired) electrons. The first-order valence-electron chi connectivity index (χ1n) is 10.3.